The summed E-state index contributed by atoms with van der Waals surface area (Å²) in [6, 6.07) is 2.80. The highest BCUT2D eigenvalue weighted by Gasteiger charge is 2.19. The van der Waals surface area contributed by atoms with E-state index < -0.39 is 0 Å². The van der Waals surface area contributed by atoms with E-state index in [-0.39, 0.29) is 11.7 Å². The first-order valence-electron chi connectivity index (χ1n) is 6.65. The number of nitrogens with one attached hydrogen (secondary N) is 1. The van der Waals surface area contributed by atoms with E-state index in [1.54, 1.807) is 0 Å². The maximum atomic E-state index is 13.5. The van der Waals surface area contributed by atoms with E-state index >= 15 is 0 Å². The first-order chi connectivity index (χ1) is 9.04. The Hall–Kier alpha value is -1.06. The van der Waals surface area contributed by atoms with Gasteiger partial charge in [0.2, 0.25) is 0 Å². The lowest BCUT2D eigenvalue weighted by Crippen LogP contribution is -2.14. The molecule has 0 aliphatic carbocycles. The standard InChI is InChI=1S/C15H19ClFNO/c1-4-5-18-8-13-14(9(2)3)11-6-10(17)7-12(16)15(11)19-13/h6-7,9,18H,4-5,8H2,1-3H3. The van der Waals surface area contributed by atoms with Crippen LogP contribution in [0.25, 0.3) is 11.0 Å². The molecule has 0 saturated carbocycles. The van der Waals surface area contributed by atoms with Crippen molar-refractivity contribution < 1.29 is 8.81 Å². The predicted octanol–water partition coefficient (Wildman–Crippen LogP) is 4.85. The van der Waals surface area contributed by atoms with Gasteiger partial charge in [0.15, 0.2) is 5.58 Å². The van der Waals surface area contributed by atoms with Crippen LogP contribution >= 0.6 is 11.6 Å². The molecule has 1 aromatic carbocycles. The lowest BCUT2D eigenvalue weighted by atomic mass is 9.99. The zero-order chi connectivity index (χ0) is 14.0. The van der Waals surface area contributed by atoms with Gasteiger partial charge < -0.3 is 9.73 Å². The van der Waals surface area contributed by atoms with Gasteiger partial charge in [-0.15, -0.1) is 0 Å². The molecule has 4 heteroatoms. The highest BCUT2D eigenvalue weighted by molar-refractivity contribution is 6.35. The van der Waals surface area contributed by atoms with E-state index in [9.17, 15) is 4.39 Å². The summed E-state index contributed by atoms with van der Waals surface area (Å²) in [5.74, 6) is 0.789. The second-order valence-corrected chi connectivity index (χ2v) is 5.44. The number of hydrogen-bond donors (Lipinski definition) is 1. The first-order valence-corrected chi connectivity index (χ1v) is 7.03. The average molecular weight is 284 g/mol. The van der Waals surface area contributed by atoms with Crippen molar-refractivity contribution in [1.29, 1.82) is 0 Å². The van der Waals surface area contributed by atoms with Gasteiger partial charge in [0.1, 0.15) is 11.6 Å². The van der Waals surface area contributed by atoms with Crippen LogP contribution in [-0.2, 0) is 6.54 Å². The third-order valence-corrected chi connectivity index (χ3v) is 3.39. The van der Waals surface area contributed by atoms with Crippen molar-refractivity contribution in [2.75, 3.05) is 6.54 Å². The molecule has 104 valence electrons. The van der Waals surface area contributed by atoms with Crippen LogP contribution in [0.1, 0.15) is 44.4 Å². The molecule has 0 aliphatic heterocycles. The molecule has 2 nitrogen and oxygen atoms in total. The Morgan fingerprint density at radius 2 is 2.11 bits per heavy atom. The van der Waals surface area contributed by atoms with Crippen LogP contribution in [-0.4, -0.2) is 6.54 Å². The molecule has 0 bridgehead atoms. The Labute approximate surface area is 117 Å². The predicted molar refractivity (Wildman–Crippen MR) is 77.3 cm³/mol. The maximum Gasteiger partial charge on any atom is 0.153 e. The first kappa shape index (κ1) is 14.4. The van der Waals surface area contributed by atoms with Crippen molar-refractivity contribution in [3.63, 3.8) is 0 Å². The molecule has 1 N–H and O–H groups in total. The number of hydrogen-bond acceptors (Lipinski definition) is 2. The van der Waals surface area contributed by atoms with Crippen LogP contribution in [0.5, 0.6) is 0 Å². The molecular weight excluding hydrogens is 265 g/mol. The molecule has 2 rings (SSSR count). The largest absolute Gasteiger partial charge is 0.458 e. The van der Waals surface area contributed by atoms with Crippen molar-refractivity contribution in [3.8, 4) is 0 Å². The van der Waals surface area contributed by atoms with Crippen molar-refractivity contribution >= 4 is 22.6 Å². The quantitative estimate of drug-likeness (QED) is 0.794. The molecule has 0 amide bonds. The number of benzene rings is 1. The van der Waals surface area contributed by atoms with Crippen molar-refractivity contribution in [1.82, 2.24) is 5.32 Å². The number of fused-ring (bicyclic) bond motifs is 1. The fourth-order valence-electron chi connectivity index (χ4n) is 2.34. The molecule has 0 spiro atoms. The minimum atomic E-state index is -0.326. The minimum absolute atomic E-state index is 0.262. The van der Waals surface area contributed by atoms with Gasteiger partial charge in [0.05, 0.1) is 11.6 Å². The molecular formula is C15H19ClFNO. The summed E-state index contributed by atoms with van der Waals surface area (Å²) in [4.78, 5) is 0. The van der Waals surface area contributed by atoms with Gasteiger partial charge in [0.25, 0.3) is 0 Å². The molecule has 19 heavy (non-hydrogen) atoms. The summed E-state index contributed by atoms with van der Waals surface area (Å²) in [6.07, 6.45) is 1.06. The van der Waals surface area contributed by atoms with Gasteiger partial charge in [-0.3, -0.25) is 0 Å². The van der Waals surface area contributed by atoms with Crippen LogP contribution < -0.4 is 5.32 Å². The Balaban J connectivity index is 2.51. The summed E-state index contributed by atoms with van der Waals surface area (Å²) in [6.45, 7) is 7.84. The van der Waals surface area contributed by atoms with Crippen LogP contribution in [0.4, 0.5) is 4.39 Å². The van der Waals surface area contributed by atoms with E-state index in [2.05, 4.69) is 26.1 Å². The van der Waals surface area contributed by atoms with Crippen molar-refractivity contribution in [2.24, 2.45) is 0 Å². The third-order valence-electron chi connectivity index (χ3n) is 3.11. The normalized spacial score (nSPS) is 11.7. The molecule has 0 saturated heterocycles. The summed E-state index contributed by atoms with van der Waals surface area (Å²) >= 11 is 6.06. The third kappa shape index (κ3) is 2.93. The van der Waals surface area contributed by atoms with Gasteiger partial charge in [-0.05, 0) is 31.0 Å². The Morgan fingerprint density at radius 1 is 1.37 bits per heavy atom. The fraction of sp³-hybridized carbons (Fsp3) is 0.467. The summed E-state index contributed by atoms with van der Waals surface area (Å²) < 4.78 is 19.3. The lowest BCUT2D eigenvalue weighted by molar-refractivity contribution is 0.504. The zero-order valence-electron chi connectivity index (χ0n) is 11.5. The van der Waals surface area contributed by atoms with E-state index in [0.29, 0.717) is 17.2 Å². The zero-order valence-corrected chi connectivity index (χ0v) is 12.3. The topological polar surface area (TPSA) is 25.2 Å². The smallest absolute Gasteiger partial charge is 0.153 e. The Kier molecular flexibility index (Phi) is 4.48. The monoisotopic (exact) mass is 283 g/mol. The molecule has 1 heterocycles. The highest BCUT2D eigenvalue weighted by Crippen LogP contribution is 2.36. The van der Waals surface area contributed by atoms with E-state index in [4.69, 9.17) is 16.0 Å². The Morgan fingerprint density at radius 3 is 2.74 bits per heavy atom. The number of rotatable bonds is 5. The highest BCUT2D eigenvalue weighted by atomic mass is 35.5. The summed E-state index contributed by atoms with van der Waals surface area (Å²) in [5.41, 5.74) is 1.63. The van der Waals surface area contributed by atoms with Gasteiger partial charge in [-0.2, -0.15) is 0 Å². The van der Waals surface area contributed by atoms with Gasteiger partial charge in [-0.25, -0.2) is 4.39 Å². The number of halogens is 2. The average Bonchev–Trinajstić information content (AvgIpc) is 2.68. The molecule has 0 fully saturated rings. The molecule has 0 aliphatic rings. The lowest BCUT2D eigenvalue weighted by Gasteiger charge is -2.07. The summed E-state index contributed by atoms with van der Waals surface area (Å²) in [7, 11) is 0. The van der Waals surface area contributed by atoms with E-state index in [1.165, 1.54) is 12.1 Å². The SMILES string of the molecule is CCCNCc1oc2c(Cl)cc(F)cc2c1C(C)C. The molecule has 1 aromatic heterocycles. The van der Waals surface area contributed by atoms with Crippen molar-refractivity contribution in [3.05, 3.63) is 34.3 Å². The van der Waals surface area contributed by atoms with E-state index in [1.807, 2.05) is 0 Å². The minimum Gasteiger partial charge on any atom is -0.458 e. The van der Waals surface area contributed by atoms with Crippen LogP contribution in [0.2, 0.25) is 5.02 Å². The van der Waals surface area contributed by atoms with Gasteiger partial charge in [0, 0.05) is 10.9 Å². The molecule has 0 radical (unpaired) electrons. The molecule has 0 unspecified atom stereocenters. The maximum absolute atomic E-state index is 13.5. The second-order valence-electron chi connectivity index (χ2n) is 5.03. The molecule has 0 atom stereocenters. The van der Waals surface area contributed by atoms with Crippen LogP contribution in [0, 0.1) is 5.82 Å². The van der Waals surface area contributed by atoms with E-state index in [0.717, 1.165) is 29.7 Å². The second kappa shape index (κ2) is 5.93. The van der Waals surface area contributed by atoms with Gasteiger partial charge >= 0.3 is 0 Å². The molecule has 2 aromatic rings. The summed E-state index contributed by atoms with van der Waals surface area (Å²) in [5, 5.41) is 4.43. The van der Waals surface area contributed by atoms with Gasteiger partial charge in [-0.1, -0.05) is 32.4 Å². The fourth-order valence-corrected chi connectivity index (χ4v) is 2.58. The Bertz CT molecular complexity index is 577. The van der Waals surface area contributed by atoms with Crippen LogP contribution in [0.15, 0.2) is 16.5 Å². The van der Waals surface area contributed by atoms with Crippen molar-refractivity contribution in [2.45, 2.75) is 39.7 Å². The van der Waals surface area contributed by atoms with Crippen LogP contribution in [0.3, 0.4) is 0 Å². The number of furan rings is 1.